The van der Waals surface area contributed by atoms with Crippen molar-refractivity contribution in [1.82, 2.24) is 15.2 Å². The van der Waals surface area contributed by atoms with Gasteiger partial charge in [0.1, 0.15) is 0 Å². The maximum atomic E-state index is 11.7. The van der Waals surface area contributed by atoms with Crippen LogP contribution in [0.3, 0.4) is 0 Å². The highest BCUT2D eigenvalue weighted by Crippen LogP contribution is 2.21. The SMILES string of the molecule is CN(Cc1csc(NC(=O)NCc2ccc(Cl)s2)n1)C(=O)O. The van der Waals surface area contributed by atoms with Crippen LogP contribution in [0, 0.1) is 0 Å². The molecule has 2 aromatic heterocycles. The van der Waals surface area contributed by atoms with Crippen molar-refractivity contribution in [2.75, 3.05) is 12.4 Å². The summed E-state index contributed by atoms with van der Waals surface area (Å²) in [6, 6.07) is 3.24. The summed E-state index contributed by atoms with van der Waals surface area (Å²) in [4.78, 5) is 28.7. The highest BCUT2D eigenvalue weighted by atomic mass is 35.5. The van der Waals surface area contributed by atoms with Gasteiger partial charge < -0.3 is 15.3 Å². The first-order chi connectivity index (χ1) is 10.4. The lowest BCUT2D eigenvalue weighted by Crippen LogP contribution is -2.28. The van der Waals surface area contributed by atoms with Crippen LogP contribution in [-0.4, -0.2) is 34.2 Å². The Morgan fingerprint density at radius 1 is 1.45 bits per heavy atom. The maximum absolute atomic E-state index is 11.7. The Morgan fingerprint density at radius 3 is 2.86 bits per heavy atom. The highest BCUT2D eigenvalue weighted by Gasteiger charge is 2.11. The third-order valence-electron chi connectivity index (χ3n) is 2.55. The number of hydrogen-bond acceptors (Lipinski definition) is 5. The van der Waals surface area contributed by atoms with Gasteiger partial charge >= 0.3 is 12.1 Å². The Labute approximate surface area is 139 Å². The van der Waals surface area contributed by atoms with Gasteiger partial charge in [-0.15, -0.1) is 22.7 Å². The Hall–Kier alpha value is -1.84. The average molecular weight is 361 g/mol. The Bertz CT molecular complexity index is 673. The fraction of sp³-hybridized carbons (Fsp3) is 0.250. The van der Waals surface area contributed by atoms with Gasteiger partial charge in [0, 0.05) is 17.3 Å². The van der Waals surface area contributed by atoms with Crippen LogP contribution < -0.4 is 10.6 Å². The molecule has 0 fully saturated rings. The van der Waals surface area contributed by atoms with Crippen LogP contribution in [0.5, 0.6) is 0 Å². The molecule has 3 N–H and O–H groups in total. The quantitative estimate of drug-likeness (QED) is 0.762. The van der Waals surface area contributed by atoms with E-state index in [1.165, 1.54) is 29.7 Å². The fourth-order valence-corrected chi connectivity index (χ4v) is 3.23. The maximum Gasteiger partial charge on any atom is 0.407 e. The number of nitrogens with zero attached hydrogens (tertiary/aromatic N) is 2. The van der Waals surface area contributed by atoms with E-state index in [-0.39, 0.29) is 12.6 Å². The molecule has 2 heterocycles. The molecule has 0 aliphatic carbocycles. The van der Waals surface area contributed by atoms with Gasteiger partial charge in [0.15, 0.2) is 5.13 Å². The van der Waals surface area contributed by atoms with Gasteiger partial charge in [-0.2, -0.15) is 0 Å². The first-order valence-electron chi connectivity index (χ1n) is 6.11. The number of urea groups is 1. The molecule has 0 aromatic carbocycles. The molecular formula is C12H13ClN4O3S2. The summed E-state index contributed by atoms with van der Waals surface area (Å²) in [6.45, 7) is 0.548. The number of nitrogens with one attached hydrogen (secondary N) is 2. The summed E-state index contributed by atoms with van der Waals surface area (Å²) < 4.78 is 0.671. The summed E-state index contributed by atoms with van der Waals surface area (Å²) in [5.41, 5.74) is 0.579. The normalized spacial score (nSPS) is 10.3. The van der Waals surface area contributed by atoms with Crippen molar-refractivity contribution in [2.24, 2.45) is 0 Å². The molecule has 0 spiro atoms. The number of hydrogen-bond donors (Lipinski definition) is 3. The van der Waals surface area contributed by atoms with Crippen molar-refractivity contribution in [3.63, 3.8) is 0 Å². The number of carbonyl (C=O) groups excluding carboxylic acids is 1. The summed E-state index contributed by atoms with van der Waals surface area (Å²) in [7, 11) is 1.45. The average Bonchev–Trinajstić information content (AvgIpc) is 3.05. The zero-order valence-corrected chi connectivity index (χ0v) is 13.9. The second-order valence-electron chi connectivity index (χ2n) is 4.30. The Balaban J connectivity index is 1.81. The molecule has 7 nitrogen and oxygen atoms in total. The van der Waals surface area contributed by atoms with Crippen LogP contribution in [0.2, 0.25) is 4.34 Å². The third kappa shape index (κ3) is 4.86. The number of anilines is 1. The molecule has 0 saturated heterocycles. The van der Waals surface area contributed by atoms with E-state index in [1.54, 1.807) is 11.4 Å². The predicted octanol–water partition coefficient (Wildman–Crippen LogP) is 3.29. The molecule has 2 rings (SSSR count). The minimum atomic E-state index is -1.03. The number of thiazole rings is 1. The van der Waals surface area contributed by atoms with E-state index in [4.69, 9.17) is 16.7 Å². The van der Waals surface area contributed by atoms with Crippen molar-refractivity contribution in [3.05, 3.63) is 32.4 Å². The van der Waals surface area contributed by atoms with E-state index in [1.807, 2.05) is 6.07 Å². The first kappa shape index (κ1) is 16.5. The van der Waals surface area contributed by atoms with Crippen LogP contribution >= 0.6 is 34.3 Å². The van der Waals surface area contributed by atoms with Gasteiger partial charge in [-0.25, -0.2) is 14.6 Å². The summed E-state index contributed by atoms with van der Waals surface area (Å²) in [5.74, 6) is 0. The van der Waals surface area contributed by atoms with Crippen molar-refractivity contribution >= 4 is 51.5 Å². The molecule has 0 saturated carbocycles. The van der Waals surface area contributed by atoms with Gasteiger partial charge in [0.2, 0.25) is 0 Å². The second-order valence-corrected chi connectivity index (χ2v) is 6.95. The number of amides is 3. The molecule has 0 aliphatic rings. The topological polar surface area (TPSA) is 94.6 Å². The van der Waals surface area contributed by atoms with E-state index in [0.717, 1.165) is 9.78 Å². The van der Waals surface area contributed by atoms with E-state index < -0.39 is 6.09 Å². The number of carboxylic acid groups (broad SMARTS) is 1. The second kappa shape index (κ2) is 7.43. The van der Waals surface area contributed by atoms with Gasteiger partial charge in [-0.3, -0.25) is 5.32 Å². The molecule has 3 amide bonds. The molecule has 0 unspecified atom stereocenters. The summed E-state index contributed by atoms with van der Waals surface area (Å²) >= 11 is 8.44. The summed E-state index contributed by atoms with van der Waals surface area (Å²) in [6.07, 6.45) is -1.03. The van der Waals surface area contributed by atoms with Crippen LogP contribution in [0.15, 0.2) is 17.5 Å². The smallest absolute Gasteiger partial charge is 0.407 e. The largest absolute Gasteiger partial charge is 0.465 e. The van der Waals surface area contributed by atoms with Crippen molar-refractivity contribution in [3.8, 4) is 0 Å². The minimum absolute atomic E-state index is 0.169. The Morgan fingerprint density at radius 2 is 2.23 bits per heavy atom. The van der Waals surface area contributed by atoms with Gasteiger partial charge in [-0.1, -0.05) is 11.6 Å². The van der Waals surface area contributed by atoms with Crippen LogP contribution in [-0.2, 0) is 13.1 Å². The first-order valence-corrected chi connectivity index (χ1v) is 8.19. The minimum Gasteiger partial charge on any atom is -0.465 e. The molecule has 10 heteroatoms. The molecule has 0 bridgehead atoms. The standard InChI is InChI=1S/C12H13ClN4O3S2/c1-17(12(19)20)5-7-6-21-11(15-7)16-10(18)14-4-8-2-3-9(13)22-8/h2-3,6H,4-5H2,1H3,(H,19,20)(H2,14,15,16,18). The lowest BCUT2D eigenvalue weighted by molar-refractivity contribution is 0.153. The summed E-state index contributed by atoms with van der Waals surface area (Å²) in [5, 5.41) is 16.2. The fourth-order valence-electron chi connectivity index (χ4n) is 1.50. The molecule has 118 valence electrons. The van der Waals surface area contributed by atoms with Crippen molar-refractivity contribution in [2.45, 2.75) is 13.1 Å². The lowest BCUT2D eigenvalue weighted by atomic mass is 10.4. The van der Waals surface area contributed by atoms with E-state index in [9.17, 15) is 9.59 Å². The monoisotopic (exact) mass is 360 g/mol. The van der Waals surface area contributed by atoms with Gasteiger partial charge in [-0.05, 0) is 12.1 Å². The lowest BCUT2D eigenvalue weighted by Gasteiger charge is -2.10. The Kier molecular flexibility index (Phi) is 5.58. The molecule has 22 heavy (non-hydrogen) atoms. The van der Waals surface area contributed by atoms with E-state index in [0.29, 0.717) is 21.7 Å². The van der Waals surface area contributed by atoms with Gasteiger partial charge in [0.05, 0.1) is 23.1 Å². The van der Waals surface area contributed by atoms with E-state index in [2.05, 4.69) is 15.6 Å². The zero-order chi connectivity index (χ0) is 16.1. The molecule has 2 aromatic rings. The van der Waals surface area contributed by atoms with Crippen LogP contribution in [0.1, 0.15) is 10.6 Å². The van der Waals surface area contributed by atoms with Crippen molar-refractivity contribution in [1.29, 1.82) is 0 Å². The number of carbonyl (C=O) groups is 2. The highest BCUT2D eigenvalue weighted by molar-refractivity contribution is 7.16. The van der Waals surface area contributed by atoms with Crippen LogP contribution in [0.4, 0.5) is 14.7 Å². The molecule has 0 atom stereocenters. The number of thiophene rings is 1. The predicted molar refractivity (Wildman–Crippen MR) is 86.8 cm³/mol. The molecule has 0 radical (unpaired) electrons. The number of aromatic nitrogens is 1. The van der Waals surface area contributed by atoms with Crippen LogP contribution in [0.25, 0.3) is 0 Å². The molecule has 0 aliphatic heterocycles. The number of rotatable bonds is 5. The van der Waals surface area contributed by atoms with Crippen molar-refractivity contribution < 1.29 is 14.7 Å². The van der Waals surface area contributed by atoms with E-state index >= 15 is 0 Å². The third-order valence-corrected chi connectivity index (χ3v) is 4.59. The van der Waals surface area contributed by atoms with Gasteiger partial charge in [0.25, 0.3) is 0 Å². The zero-order valence-electron chi connectivity index (χ0n) is 11.5. The number of halogens is 1. The molecular weight excluding hydrogens is 348 g/mol.